The normalized spacial score (nSPS) is 10.7. The molecule has 0 atom stereocenters. The van der Waals surface area contributed by atoms with E-state index in [0.717, 1.165) is 16.3 Å². The monoisotopic (exact) mass is 276 g/mol. The highest BCUT2D eigenvalue weighted by Gasteiger charge is 2.11. The van der Waals surface area contributed by atoms with Crippen LogP contribution in [0, 0.1) is 0 Å². The lowest BCUT2D eigenvalue weighted by molar-refractivity contribution is -0.117. The average molecular weight is 276 g/mol. The van der Waals surface area contributed by atoms with Crippen LogP contribution >= 0.6 is 0 Å². The van der Waals surface area contributed by atoms with Gasteiger partial charge in [-0.1, -0.05) is 66.7 Å². The molecule has 2 heteroatoms. The van der Waals surface area contributed by atoms with Gasteiger partial charge < -0.3 is 5.11 Å². The van der Waals surface area contributed by atoms with Gasteiger partial charge in [0, 0.05) is 23.8 Å². The minimum atomic E-state index is 0.104. The van der Waals surface area contributed by atoms with Gasteiger partial charge in [-0.15, -0.1) is 0 Å². The number of carbonyl (C=O) groups is 1. The van der Waals surface area contributed by atoms with Gasteiger partial charge in [0.1, 0.15) is 11.5 Å². The second kappa shape index (κ2) is 5.80. The van der Waals surface area contributed by atoms with Gasteiger partial charge in [-0.25, -0.2) is 0 Å². The van der Waals surface area contributed by atoms with Crippen LogP contribution in [0.5, 0.6) is 5.75 Å². The van der Waals surface area contributed by atoms with Crippen LogP contribution in [0.15, 0.2) is 66.7 Å². The van der Waals surface area contributed by atoms with Crippen molar-refractivity contribution < 1.29 is 9.90 Å². The second-order valence-corrected chi connectivity index (χ2v) is 5.17. The smallest absolute Gasteiger partial charge is 0.141 e. The third-order valence-electron chi connectivity index (χ3n) is 3.62. The summed E-state index contributed by atoms with van der Waals surface area (Å²) < 4.78 is 0. The van der Waals surface area contributed by atoms with Crippen LogP contribution in [0.1, 0.15) is 11.1 Å². The number of fused-ring (bicyclic) bond motifs is 1. The number of phenolic OH excluding ortho intramolecular Hbond substituents is 1. The molecule has 0 saturated carbocycles. The van der Waals surface area contributed by atoms with Crippen LogP contribution in [0.25, 0.3) is 10.8 Å². The fourth-order valence-electron chi connectivity index (χ4n) is 2.54. The van der Waals surface area contributed by atoms with Gasteiger partial charge in [0.05, 0.1) is 0 Å². The number of phenols is 1. The Morgan fingerprint density at radius 2 is 1.52 bits per heavy atom. The molecule has 0 saturated heterocycles. The van der Waals surface area contributed by atoms with Crippen molar-refractivity contribution >= 4 is 16.6 Å². The van der Waals surface area contributed by atoms with Crippen molar-refractivity contribution in [3.05, 3.63) is 77.9 Å². The molecule has 0 aliphatic heterocycles. The maximum Gasteiger partial charge on any atom is 0.141 e. The Bertz CT molecular complexity index is 776. The Morgan fingerprint density at radius 1 is 0.810 bits per heavy atom. The summed E-state index contributed by atoms with van der Waals surface area (Å²) in [7, 11) is 0. The van der Waals surface area contributed by atoms with Gasteiger partial charge >= 0.3 is 0 Å². The number of benzene rings is 3. The summed E-state index contributed by atoms with van der Waals surface area (Å²) >= 11 is 0. The molecule has 0 unspecified atom stereocenters. The minimum absolute atomic E-state index is 0.104. The number of ketones is 1. The lowest BCUT2D eigenvalue weighted by Gasteiger charge is -2.07. The topological polar surface area (TPSA) is 37.3 Å². The Labute approximate surface area is 123 Å². The summed E-state index contributed by atoms with van der Waals surface area (Å²) in [4.78, 5) is 12.2. The van der Waals surface area contributed by atoms with Crippen molar-refractivity contribution in [2.75, 3.05) is 0 Å². The lowest BCUT2D eigenvalue weighted by Crippen LogP contribution is -2.06. The Hall–Kier alpha value is -2.61. The quantitative estimate of drug-likeness (QED) is 0.784. The fraction of sp³-hybridized carbons (Fsp3) is 0.105. The highest BCUT2D eigenvalue weighted by atomic mass is 16.3. The average Bonchev–Trinajstić information content (AvgIpc) is 2.51. The van der Waals surface area contributed by atoms with Crippen LogP contribution in [0.3, 0.4) is 0 Å². The number of carbonyl (C=O) groups excluding carboxylic acids is 1. The van der Waals surface area contributed by atoms with E-state index < -0.39 is 0 Å². The van der Waals surface area contributed by atoms with E-state index in [0.29, 0.717) is 12.0 Å². The summed E-state index contributed by atoms with van der Waals surface area (Å²) in [5.41, 5.74) is 1.69. The molecular weight excluding hydrogens is 260 g/mol. The van der Waals surface area contributed by atoms with Crippen molar-refractivity contribution in [1.82, 2.24) is 0 Å². The van der Waals surface area contributed by atoms with E-state index >= 15 is 0 Å². The predicted octanol–water partition coefficient (Wildman–Crippen LogP) is 3.90. The van der Waals surface area contributed by atoms with Gasteiger partial charge in [0.25, 0.3) is 0 Å². The second-order valence-electron chi connectivity index (χ2n) is 5.17. The summed E-state index contributed by atoms with van der Waals surface area (Å²) in [6, 6.07) is 21.1. The van der Waals surface area contributed by atoms with Gasteiger partial charge in [-0.3, -0.25) is 4.79 Å². The molecule has 0 aliphatic carbocycles. The molecule has 104 valence electrons. The fourth-order valence-corrected chi connectivity index (χ4v) is 2.54. The molecule has 0 radical (unpaired) electrons. The largest absolute Gasteiger partial charge is 0.507 e. The molecule has 3 rings (SSSR count). The highest BCUT2D eigenvalue weighted by molar-refractivity contribution is 5.91. The van der Waals surface area contributed by atoms with Crippen LogP contribution in [-0.2, 0) is 17.6 Å². The van der Waals surface area contributed by atoms with Gasteiger partial charge in [-0.2, -0.15) is 0 Å². The number of hydrogen-bond donors (Lipinski definition) is 1. The number of hydrogen-bond acceptors (Lipinski definition) is 2. The zero-order chi connectivity index (χ0) is 14.7. The van der Waals surface area contributed by atoms with Gasteiger partial charge in [0.15, 0.2) is 0 Å². The molecule has 0 bridgehead atoms. The van der Waals surface area contributed by atoms with E-state index in [1.807, 2.05) is 66.7 Å². The Morgan fingerprint density at radius 3 is 2.33 bits per heavy atom. The van der Waals surface area contributed by atoms with Gasteiger partial charge in [-0.05, 0) is 10.9 Å². The first-order chi connectivity index (χ1) is 10.2. The van der Waals surface area contributed by atoms with Crippen LogP contribution < -0.4 is 0 Å². The molecule has 2 nitrogen and oxygen atoms in total. The van der Waals surface area contributed by atoms with E-state index in [9.17, 15) is 9.90 Å². The molecule has 0 heterocycles. The molecule has 0 fully saturated rings. The summed E-state index contributed by atoms with van der Waals surface area (Å²) in [5.74, 6) is 0.321. The molecule has 3 aromatic rings. The highest BCUT2D eigenvalue weighted by Crippen LogP contribution is 2.29. The Balaban J connectivity index is 1.82. The van der Waals surface area contributed by atoms with E-state index in [1.54, 1.807) is 0 Å². The lowest BCUT2D eigenvalue weighted by atomic mass is 9.99. The predicted molar refractivity (Wildman–Crippen MR) is 84.5 cm³/mol. The maximum atomic E-state index is 12.2. The van der Waals surface area contributed by atoms with Crippen molar-refractivity contribution in [2.24, 2.45) is 0 Å². The minimum Gasteiger partial charge on any atom is -0.507 e. The van der Waals surface area contributed by atoms with Crippen molar-refractivity contribution in [3.8, 4) is 5.75 Å². The summed E-state index contributed by atoms with van der Waals surface area (Å²) in [6.45, 7) is 0. The van der Waals surface area contributed by atoms with Crippen LogP contribution in [-0.4, -0.2) is 10.9 Å². The molecule has 0 aliphatic rings. The van der Waals surface area contributed by atoms with Crippen molar-refractivity contribution in [3.63, 3.8) is 0 Å². The molecule has 0 amide bonds. The first-order valence-electron chi connectivity index (χ1n) is 6.99. The number of aromatic hydroxyl groups is 1. The molecule has 3 aromatic carbocycles. The molecule has 1 N–H and O–H groups in total. The first kappa shape index (κ1) is 13.4. The molecular formula is C19H16O2. The van der Waals surface area contributed by atoms with Crippen molar-refractivity contribution in [2.45, 2.75) is 12.8 Å². The number of Topliss-reactive ketones (excluding diaryl/α,β-unsaturated/α-hetero) is 1. The van der Waals surface area contributed by atoms with Crippen LogP contribution in [0.2, 0.25) is 0 Å². The SMILES string of the molecule is O=C(Cc1ccccc1)Cc1ccc2ccccc2c1O. The molecule has 21 heavy (non-hydrogen) atoms. The number of rotatable bonds is 4. The zero-order valence-corrected chi connectivity index (χ0v) is 11.6. The van der Waals surface area contributed by atoms with E-state index in [2.05, 4.69) is 0 Å². The third kappa shape index (κ3) is 2.95. The van der Waals surface area contributed by atoms with Crippen molar-refractivity contribution in [1.29, 1.82) is 0 Å². The molecule has 0 spiro atoms. The van der Waals surface area contributed by atoms with Crippen LogP contribution in [0.4, 0.5) is 0 Å². The summed E-state index contributed by atoms with van der Waals surface area (Å²) in [6.07, 6.45) is 0.651. The first-order valence-corrected chi connectivity index (χ1v) is 6.99. The Kier molecular flexibility index (Phi) is 3.69. The van der Waals surface area contributed by atoms with E-state index in [1.165, 1.54) is 0 Å². The molecule has 0 aromatic heterocycles. The maximum absolute atomic E-state index is 12.2. The summed E-state index contributed by atoms with van der Waals surface area (Å²) in [5, 5.41) is 12.1. The van der Waals surface area contributed by atoms with E-state index in [4.69, 9.17) is 0 Å². The third-order valence-corrected chi connectivity index (χ3v) is 3.62. The van der Waals surface area contributed by atoms with Gasteiger partial charge in [0.2, 0.25) is 0 Å². The zero-order valence-electron chi connectivity index (χ0n) is 11.6. The van der Waals surface area contributed by atoms with E-state index in [-0.39, 0.29) is 18.0 Å². The standard InChI is InChI=1S/C19H16O2/c20-17(12-14-6-2-1-3-7-14)13-16-11-10-15-8-4-5-9-18(15)19(16)21/h1-11,21H,12-13H2.